The molecule has 0 N–H and O–H groups in total. The van der Waals surface area contributed by atoms with Crippen molar-refractivity contribution in [3.8, 4) is 5.75 Å². The minimum atomic E-state index is -1.86. The maximum atomic E-state index is 14.8. The van der Waals surface area contributed by atoms with E-state index in [0.29, 0.717) is 5.56 Å². The minimum Gasteiger partial charge on any atom is -0.485 e. The Labute approximate surface area is 173 Å². The molecule has 1 aliphatic carbocycles. The van der Waals surface area contributed by atoms with Crippen LogP contribution in [-0.2, 0) is 11.3 Å². The molecular formula is C22H17F4NO4. The zero-order valence-corrected chi connectivity index (χ0v) is 16.3. The van der Waals surface area contributed by atoms with Gasteiger partial charge in [0.15, 0.2) is 17.4 Å². The Kier molecular flexibility index (Phi) is 5.43. The number of carbonyl (C=O) groups is 1. The summed E-state index contributed by atoms with van der Waals surface area (Å²) in [7, 11) is 0. The van der Waals surface area contributed by atoms with E-state index in [1.54, 1.807) is 30.3 Å². The van der Waals surface area contributed by atoms with Gasteiger partial charge in [-0.25, -0.2) is 18.0 Å². The smallest absolute Gasteiger partial charge is 0.343 e. The molecule has 1 saturated carbocycles. The number of nitrogens with zero attached hydrogens (tertiary/aromatic N) is 1. The lowest BCUT2D eigenvalue weighted by atomic mass is 10.1. The number of halogens is 4. The number of fused-ring (bicyclic) bond motifs is 1. The maximum Gasteiger partial charge on any atom is 0.343 e. The van der Waals surface area contributed by atoms with Crippen molar-refractivity contribution in [3.63, 3.8) is 0 Å². The van der Waals surface area contributed by atoms with Crippen molar-refractivity contribution < 1.29 is 31.8 Å². The number of alkyl halides is 1. The first-order valence-electron chi connectivity index (χ1n) is 9.58. The average molecular weight is 435 g/mol. The molecule has 162 valence electrons. The third-order valence-electron chi connectivity index (χ3n) is 5.01. The zero-order chi connectivity index (χ0) is 22.3. The van der Waals surface area contributed by atoms with Crippen LogP contribution in [0.5, 0.6) is 5.75 Å². The summed E-state index contributed by atoms with van der Waals surface area (Å²) in [5.74, 6) is -7.12. The minimum absolute atomic E-state index is 0.0289. The van der Waals surface area contributed by atoms with E-state index in [0.717, 1.165) is 10.8 Å². The fraction of sp³-hybridized carbons (Fsp3) is 0.273. The topological polar surface area (TPSA) is 57.5 Å². The fourth-order valence-electron chi connectivity index (χ4n) is 3.40. The molecule has 1 heterocycles. The van der Waals surface area contributed by atoms with Crippen LogP contribution >= 0.6 is 0 Å². The number of benzene rings is 2. The number of carbonyl (C=O) groups excluding carboxylic acids is 1. The maximum absolute atomic E-state index is 14.8. The molecule has 0 bridgehead atoms. The van der Waals surface area contributed by atoms with E-state index in [4.69, 9.17) is 9.47 Å². The second-order valence-electron chi connectivity index (χ2n) is 7.09. The van der Waals surface area contributed by atoms with Crippen LogP contribution < -0.4 is 10.2 Å². The summed E-state index contributed by atoms with van der Waals surface area (Å²) >= 11 is 0. The fourth-order valence-corrected chi connectivity index (χ4v) is 3.40. The van der Waals surface area contributed by atoms with Crippen LogP contribution in [0.25, 0.3) is 10.9 Å². The van der Waals surface area contributed by atoms with E-state index in [-0.39, 0.29) is 19.6 Å². The van der Waals surface area contributed by atoms with E-state index >= 15 is 0 Å². The van der Waals surface area contributed by atoms with Crippen LogP contribution in [0.1, 0.15) is 35.3 Å². The van der Waals surface area contributed by atoms with Crippen molar-refractivity contribution in [2.45, 2.75) is 32.2 Å². The molecule has 2 aromatic carbocycles. The molecule has 0 amide bonds. The number of ether oxygens (including phenoxy) is 2. The summed E-state index contributed by atoms with van der Waals surface area (Å²) in [6, 6.07) is 7.50. The van der Waals surface area contributed by atoms with E-state index in [9.17, 15) is 27.2 Å². The van der Waals surface area contributed by atoms with Crippen molar-refractivity contribution in [1.29, 1.82) is 0 Å². The molecule has 0 unspecified atom stereocenters. The van der Waals surface area contributed by atoms with Crippen LogP contribution in [0, 0.1) is 17.5 Å². The molecule has 1 fully saturated rings. The van der Waals surface area contributed by atoms with Gasteiger partial charge in [-0.15, -0.1) is 0 Å². The number of aromatic nitrogens is 1. The number of esters is 1. The summed E-state index contributed by atoms with van der Waals surface area (Å²) in [4.78, 5) is 25.3. The monoisotopic (exact) mass is 435 g/mol. The average Bonchev–Trinajstić information content (AvgIpc) is 3.49. The van der Waals surface area contributed by atoms with Crippen molar-refractivity contribution in [3.05, 3.63) is 75.3 Å². The third kappa shape index (κ3) is 3.64. The van der Waals surface area contributed by atoms with Crippen LogP contribution in [0.15, 0.2) is 41.3 Å². The Hall–Kier alpha value is -3.36. The molecule has 2 atom stereocenters. The van der Waals surface area contributed by atoms with Gasteiger partial charge in [-0.1, -0.05) is 30.3 Å². The summed E-state index contributed by atoms with van der Waals surface area (Å²) in [6.45, 7) is 1.20. The molecule has 3 aromatic rings. The number of rotatable bonds is 6. The van der Waals surface area contributed by atoms with E-state index in [1.165, 1.54) is 6.92 Å². The lowest BCUT2D eigenvalue weighted by Gasteiger charge is -2.17. The van der Waals surface area contributed by atoms with Gasteiger partial charge in [0, 0.05) is 12.6 Å². The van der Waals surface area contributed by atoms with Gasteiger partial charge in [0.05, 0.1) is 23.6 Å². The Morgan fingerprint density at radius 1 is 1.13 bits per heavy atom. The van der Waals surface area contributed by atoms with Gasteiger partial charge in [0.2, 0.25) is 11.2 Å². The van der Waals surface area contributed by atoms with E-state index < -0.39 is 63.3 Å². The van der Waals surface area contributed by atoms with Crippen molar-refractivity contribution in [2.24, 2.45) is 0 Å². The SMILES string of the molecule is CCOC(=O)c1cn([C@@H]2C[C@@H]2F)c2c(F)c(F)c(F)c(OCc3ccccc3)c2c1=O. The second kappa shape index (κ2) is 8.05. The van der Waals surface area contributed by atoms with Gasteiger partial charge in [-0.3, -0.25) is 4.79 Å². The molecule has 5 nitrogen and oxygen atoms in total. The van der Waals surface area contributed by atoms with Crippen molar-refractivity contribution >= 4 is 16.9 Å². The summed E-state index contributed by atoms with van der Waals surface area (Å²) in [5, 5.41) is -0.683. The highest BCUT2D eigenvalue weighted by atomic mass is 19.2. The first kappa shape index (κ1) is 20.9. The van der Waals surface area contributed by atoms with Crippen LogP contribution in [0.4, 0.5) is 17.6 Å². The molecule has 0 saturated heterocycles. The molecule has 4 rings (SSSR count). The molecule has 1 aromatic heterocycles. The molecule has 1 aliphatic rings. The first-order valence-corrected chi connectivity index (χ1v) is 9.58. The standard InChI is InChI=1S/C22H17F4NO4/c1-2-30-22(29)12-9-27(14-8-13(14)23)19-15(20(12)28)21(18(26)16(24)17(19)25)31-10-11-6-4-3-5-7-11/h3-7,9,13-14H,2,8,10H2,1H3/t13-,14+/m0/s1. The number of hydrogen-bond donors (Lipinski definition) is 0. The first-order chi connectivity index (χ1) is 14.8. The van der Waals surface area contributed by atoms with E-state index in [2.05, 4.69) is 0 Å². The second-order valence-corrected chi connectivity index (χ2v) is 7.09. The molecule has 0 spiro atoms. The predicted octanol–water partition coefficient (Wildman–Crippen LogP) is 4.46. The van der Waals surface area contributed by atoms with Crippen LogP contribution in [0.2, 0.25) is 0 Å². The predicted molar refractivity (Wildman–Crippen MR) is 103 cm³/mol. The number of pyridine rings is 1. The Morgan fingerprint density at radius 2 is 1.81 bits per heavy atom. The summed E-state index contributed by atoms with van der Waals surface area (Å²) < 4.78 is 68.9. The highest BCUT2D eigenvalue weighted by Crippen LogP contribution is 2.43. The molecular weight excluding hydrogens is 418 g/mol. The molecule has 9 heteroatoms. The third-order valence-corrected chi connectivity index (χ3v) is 5.01. The quantitative estimate of drug-likeness (QED) is 0.326. The lowest BCUT2D eigenvalue weighted by molar-refractivity contribution is 0.0524. The molecule has 0 radical (unpaired) electrons. The van der Waals surface area contributed by atoms with Gasteiger partial charge in [0.25, 0.3) is 0 Å². The van der Waals surface area contributed by atoms with Crippen molar-refractivity contribution in [1.82, 2.24) is 4.57 Å². The van der Waals surface area contributed by atoms with E-state index in [1.807, 2.05) is 0 Å². The number of hydrogen-bond acceptors (Lipinski definition) is 4. The molecule has 31 heavy (non-hydrogen) atoms. The zero-order valence-electron chi connectivity index (χ0n) is 16.3. The van der Waals surface area contributed by atoms with Gasteiger partial charge < -0.3 is 14.0 Å². The normalized spacial score (nSPS) is 17.6. The Morgan fingerprint density at radius 3 is 2.42 bits per heavy atom. The highest BCUT2D eigenvalue weighted by molar-refractivity contribution is 5.96. The highest BCUT2D eigenvalue weighted by Gasteiger charge is 2.42. The lowest BCUT2D eigenvalue weighted by Crippen LogP contribution is -2.23. The van der Waals surface area contributed by atoms with Gasteiger partial charge in [-0.05, 0) is 12.5 Å². The van der Waals surface area contributed by atoms with Gasteiger partial charge >= 0.3 is 5.97 Å². The summed E-state index contributed by atoms with van der Waals surface area (Å²) in [5.41, 5.74) is -1.73. The Bertz CT molecular complexity index is 1230. The van der Waals surface area contributed by atoms with Crippen molar-refractivity contribution in [2.75, 3.05) is 6.61 Å². The van der Waals surface area contributed by atoms with Gasteiger partial charge in [-0.2, -0.15) is 4.39 Å². The largest absolute Gasteiger partial charge is 0.485 e. The summed E-state index contributed by atoms with van der Waals surface area (Å²) in [6.07, 6.45) is -0.491. The Balaban J connectivity index is 1.98. The van der Waals surface area contributed by atoms with Gasteiger partial charge in [0.1, 0.15) is 18.3 Å². The van der Waals surface area contributed by atoms with Crippen LogP contribution in [-0.4, -0.2) is 23.3 Å². The molecule has 0 aliphatic heterocycles. The van der Waals surface area contributed by atoms with Crippen LogP contribution in [0.3, 0.4) is 0 Å².